The van der Waals surface area contributed by atoms with Crippen molar-refractivity contribution in [2.45, 2.75) is 32.7 Å². The smallest absolute Gasteiger partial charge is 0.223 e. The molecule has 0 aromatic heterocycles. The summed E-state index contributed by atoms with van der Waals surface area (Å²) in [7, 11) is 1.84. The molecular formula is C11H22N2O3. The second-order valence-electron chi connectivity index (χ2n) is 4.20. The summed E-state index contributed by atoms with van der Waals surface area (Å²) in [4.78, 5) is 22.6. The molecule has 0 aliphatic carbocycles. The van der Waals surface area contributed by atoms with E-state index in [0.29, 0.717) is 13.2 Å². The Morgan fingerprint density at radius 3 is 2.38 bits per heavy atom. The van der Waals surface area contributed by atoms with Crippen molar-refractivity contribution in [2.75, 3.05) is 26.8 Å². The Morgan fingerprint density at radius 2 is 1.88 bits per heavy atom. The van der Waals surface area contributed by atoms with Crippen LogP contribution in [0.25, 0.3) is 0 Å². The summed E-state index contributed by atoms with van der Waals surface area (Å²) < 4.78 is 5.21. The molecule has 1 amide bonds. The minimum absolute atomic E-state index is 0.0584. The highest BCUT2D eigenvalue weighted by Crippen LogP contribution is 2.03. The van der Waals surface area contributed by atoms with Crippen molar-refractivity contribution in [1.29, 1.82) is 0 Å². The predicted molar refractivity (Wildman–Crippen MR) is 62.3 cm³/mol. The maximum atomic E-state index is 11.4. The molecule has 5 nitrogen and oxygen atoms in total. The number of likely N-dealkylation sites (N-methyl/N-ethyl adjacent to an activating group) is 1. The maximum Gasteiger partial charge on any atom is 0.223 e. The van der Waals surface area contributed by atoms with Gasteiger partial charge in [0.25, 0.3) is 0 Å². The summed E-state index contributed by atoms with van der Waals surface area (Å²) in [5.41, 5.74) is -0.790. The molecule has 0 atom stereocenters. The van der Waals surface area contributed by atoms with Gasteiger partial charge in [-0.05, 0) is 27.8 Å². The summed E-state index contributed by atoms with van der Waals surface area (Å²) in [6.07, 6.45) is 0.278. The standard InChI is InChI=1S/C11H22N2O3/c1-9(14)11(2,3)13-10(15)5-7-16-8-6-12-4/h12H,5-8H2,1-4H3,(H,13,15). The van der Waals surface area contributed by atoms with Gasteiger partial charge in [0, 0.05) is 13.0 Å². The summed E-state index contributed by atoms with van der Waals surface area (Å²) in [6.45, 7) is 6.57. The van der Waals surface area contributed by atoms with Crippen LogP contribution in [-0.2, 0) is 14.3 Å². The van der Waals surface area contributed by atoms with Gasteiger partial charge in [0.1, 0.15) is 0 Å². The predicted octanol–water partition coefficient (Wildman–Crippen LogP) is 0.0963. The number of hydrogen-bond acceptors (Lipinski definition) is 4. The number of ketones is 1. The molecule has 2 N–H and O–H groups in total. The van der Waals surface area contributed by atoms with E-state index >= 15 is 0 Å². The van der Waals surface area contributed by atoms with Crippen molar-refractivity contribution in [1.82, 2.24) is 10.6 Å². The molecule has 0 spiro atoms. The molecule has 0 rings (SSSR count). The lowest BCUT2D eigenvalue weighted by atomic mass is 10.0. The molecule has 0 saturated heterocycles. The first-order valence-corrected chi connectivity index (χ1v) is 5.44. The molecule has 0 aliphatic heterocycles. The number of rotatable bonds is 8. The topological polar surface area (TPSA) is 67.4 Å². The molecule has 0 aliphatic rings. The lowest BCUT2D eigenvalue weighted by molar-refractivity contribution is -0.130. The van der Waals surface area contributed by atoms with Gasteiger partial charge in [-0.3, -0.25) is 9.59 Å². The largest absolute Gasteiger partial charge is 0.380 e. The quantitative estimate of drug-likeness (QED) is 0.580. The van der Waals surface area contributed by atoms with Crippen LogP contribution in [0, 0.1) is 0 Å². The Kier molecular flexibility index (Phi) is 6.92. The van der Waals surface area contributed by atoms with Crippen molar-refractivity contribution in [3.05, 3.63) is 0 Å². The number of carbonyl (C=O) groups is 2. The molecule has 0 aromatic rings. The van der Waals surface area contributed by atoms with Crippen LogP contribution < -0.4 is 10.6 Å². The first-order chi connectivity index (χ1) is 7.40. The fraction of sp³-hybridized carbons (Fsp3) is 0.818. The summed E-state index contributed by atoms with van der Waals surface area (Å²) in [5, 5.41) is 5.60. The van der Waals surface area contributed by atoms with Crippen LogP contribution in [0.3, 0.4) is 0 Å². The molecule has 0 heterocycles. The fourth-order valence-electron chi connectivity index (χ4n) is 0.940. The van der Waals surface area contributed by atoms with Crippen molar-refractivity contribution in [3.8, 4) is 0 Å². The van der Waals surface area contributed by atoms with E-state index in [-0.39, 0.29) is 18.1 Å². The van der Waals surface area contributed by atoms with Gasteiger partial charge in [-0.2, -0.15) is 0 Å². The molecule has 0 unspecified atom stereocenters. The first-order valence-electron chi connectivity index (χ1n) is 5.44. The van der Waals surface area contributed by atoms with E-state index in [9.17, 15) is 9.59 Å². The zero-order valence-electron chi connectivity index (χ0n) is 10.6. The van der Waals surface area contributed by atoms with Crippen LogP contribution in [0.5, 0.6) is 0 Å². The minimum Gasteiger partial charge on any atom is -0.380 e. The monoisotopic (exact) mass is 230 g/mol. The van der Waals surface area contributed by atoms with E-state index in [1.165, 1.54) is 6.92 Å². The van der Waals surface area contributed by atoms with Crippen molar-refractivity contribution in [2.24, 2.45) is 0 Å². The first kappa shape index (κ1) is 15.1. The summed E-state index contributed by atoms with van der Waals surface area (Å²) >= 11 is 0. The van der Waals surface area contributed by atoms with Crippen LogP contribution in [0.15, 0.2) is 0 Å². The third-order valence-electron chi connectivity index (χ3n) is 2.30. The third kappa shape index (κ3) is 6.53. The fourth-order valence-corrected chi connectivity index (χ4v) is 0.940. The van der Waals surface area contributed by atoms with Gasteiger partial charge in [-0.25, -0.2) is 0 Å². The molecule has 16 heavy (non-hydrogen) atoms. The highest BCUT2D eigenvalue weighted by molar-refractivity contribution is 5.90. The third-order valence-corrected chi connectivity index (χ3v) is 2.30. The highest BCUT2D eigenvalue weighted by Gasteiger charge is 2.24. The number of hydrogen-bond donors (Lipinski definition) is 2. The average Bonchev–Trinajstić information content (AvgIpc) is 2.16. The van der Waals surface area contributed by atoms with Crippen LogP contribution in [-0.4, -0.2) is 44.0 Å². The van der Waals surface area contributed by atoms with Crippen molar-refractivity contribution < 1.29 is 14.3 Å². The summed E-state index contributed by atoms with van der Waals surface area (Å²) in [5.74, 6) is -0.221. The van der Waals surface area contributed by atoms with E-state index in [1.807, 2.05) is 7.05 Å². The Balaban J connectivity index is 3.71. The van der Waals surface area contributed by atoms with Gasteiger partial charge in [0.15, 0.2) is 5.78 Å². The van der Waals surface area contributed by atoms with Crippen LogP contribution in [0.4, 0.5) is 0 Å². The van der Waals surface area contributed by atoms with Gasteiger partial charge in [-0.1, -0.05) is 0 Å². The highest BCUT2D eigenvalue weighted by atomic mass is 16.5. The second-order valence-corrected chi connectivity index (χ2v) is 4.20. The molecule has 94 valence electrons. The van der Waals surface area contributed by atoms with E-state index in [2.05, 4.69) is 10.6 Å². The van der Waals surface area contributed by atoms with Crippen LogP contribution >= 0.6 is 0 Å². The number of ether oxygens (including phenoxy) is 1. The maximum absolute atomic E-state index is 11.4. The number of amides is 1. The van der Waals surface area contributed by atoms with E-state index in [1.54, 1.807) is 13.8 Å². The zero-order valence-corrected chi connectivity index (χ0v) is 10.6. The van der Waals surface area contributed by atoms with Gasteiger partial charge in [0.2, 0.25) is 5.91 Å². The Hall–Kier alpha value is -0.940. The molecule has 0 aromatic carbocycles. The Bertz CT molecular complexity index is 239. The molecule has 0 saturated carbocycles. The van der Waals surface area contributed by atoms with E-state index in [0.717, 1.165) is 6.54 Å². The van der Waals surface area contributed by atoms with Crippen LogP contribution in [0.1, 0.15) is 27.2 Å². The summed E-state index contributed by atoms with van der Waals surface area (Å²) in [6, 6.07) is 0. The number of Topliss-reactive ketones (excluding diaryl/α,β-unsaturated/α-hetero) is 1. The molecular weight excluding hydrogens is 208 g/mol. The van der Waals surface area contributed by atoms with E-state index < -0.39 is 5.54 Å². The molecule has 0 fully saturated rings. The minimum atomic E-state index is -0.790. The molecule has 5 heteroatoms. The van der Waals surface area contributed by atoms with Crippen molar-refractivity contribution >= 4 is 11.7 Å². The van der Waals surface area contributed by atoms with Crippen molar-refractivity contribution in [3.63, 3.8) is 0 Å². The average molecular weight is 230 g/mol. The zero-order chi connectivity index (χ0) is 12.6. The SMILES string of the molecule is CNCCOCCC(=O)NC(C)(C)C(C)=O. The normalized spacial score (nSPS) is 11.2. The number of nitrogens with one attached hydrogen (secondary N) is 2. The lowest BCUT2D eigenvalue weighted by Gasteiger charge is -2.22. The van der Waals surface area contributed by atoms with Gasteiger partial charge >= 0.3 is 0 Å². The lowest BCUT2D eigenvalue weighted by Crippen LogP contribution is -2.48. The molecule has 0 bridgehead atoms. The Labute approximate surface area is 96.9 Å². The second kappa shape index (κ2) is 7.35. The van der Waals surface area contributed by atoms with Gasteiger partial charge < -0.3 is 15.4 Å². The number of carbonyl (C=O) groups excluding carboxylic acids is 2. The Morgan fingerprint density at radius 1 is 1.25 bits per heavy atom. The van der Waals surface area contributed by atoms with Gasteiger partial charge in [-0.15, -0.1) is 0 Å². The molecule has 0 radical (unpaired) electrons. The van der Waals surface area contributed by atoms with E-state index in [4.69, 9.17) is 4.74 Å². The van der Waals surface area contributed by atoms with Crippen LogP contribution in [0.2, 0.25) is 0 Å². The van der Waals surface area contributed by atoms with Gasteiger partial charge in [0.05, 0.1) is 18.8 Å².